The molecule has 0 unspecified atom stereocenters. The molecule has 0 saturated carbocycles. The zero-order chi connectivity index (χ0) is 15.0. The highest BCUT2D eigenvalue weighted by atomic mass is 16.5. The lowest BCUT2D eigenvalue weighted by Crippen LogP contribution is -2.58. The molecule has 4 nitrogen and oxygen atoms in total. The number of fused-ring (bicyclic) bond motifs is 2. The molecule has 2 heterocycles. The van der Waals surface area contributed by atoms with Crippen LogP contribution in [0.1, 0.15) is 36.0 Å². The van der Waals surface area contributed by atoms with Crippen molar-refractivity contribution >= 4 is 11.9 Å². The second-order valence-corrected chi connectivity index (χ2v) is 5.78. The predicted octanol–water partition coefficient (Wildman–Crippen LogP) is 2.55. The van der Waals surface area contributed by atoms with Gasteiger partial charge in [-0.3, -0.25) is 4.79 Å². The Morgan fingerprint density at radius 2 is 2.00 bits per heavy atom. The molecule has 2 saturated heterocycles. The van der Waals surface area contributed by atoms with Gasteiger partial charge in [0.25, 0.3) is 5.91 Å². The summed E-state index contributed by atoms with van der Waals surface area (Å²) in [7, 11) is 1.39. The average Bonchev–Trinajstić information content (AvgIpc) is 2.84. The van der Waals surface area contributed by atoms with Crippen molar-refractivity contribution in [2.24, 2.45) is 0 Å². The fraction of sp³-hybridized carbons (Fsp3) is 0.412. The number of esters is 1. The van der Waals surface area contributed by atoms with Crippen molar-refractivity contribution in [2.45, 2.75) is 37.3 Å². The first-order chi connectivity index (χ1) is 10.1. The van der Waals surface area contributed by atoms with Gasteiger partial charge in [0.05, 0.1) is 13.2 Å². The maximum absolute atomic E-state index is 12.9. The molecule has 0 radical (unpaired) electrons. The maximum Gasteiger partial charge on any atom is 0.331 e. The third-order valence-corrected chi connectivity index (χ3v) is 4.74. The van der Waals surface area contributed by atoms with Crippen LogP contribution in [0.4, 0.5) is 0 Å². The average molecular weight is 285 g/mol. The molecule has 2 fully saturated rings. The number of rotatable bonds is 2. The summed E-state index contributed by atoms with van der Waals surface area (Å²) in [4.78, 5) is 27.0. The molecular formula is C17H19NO3. The number of piperidine rings is 1. The molecule has 2 aliphatic heterocycles. The summed E-state index contributed by atoms with van der Waals surface area (Å²) in [6.45, 7) is 4.09. The molecule has 4 heteroatoms. The van der Waals surface area contributed by atoms with E-state index < -0.39 is 5.54 Å². The largest absolute Gasteiger partial charge is 0.467 e. The van der Waals surface area contributed by atoms with Gasteiger partial charge in [0.2, 0.25) is 0 Å². The van der Waals surface area contributed by atoms with Crippen LogP contribution in [0.2, 0.25) is 0 Å². The van der Waals surface area contributed by atoms with Crippen LogP contribution in [0.15, 0.2) is 42.5 Å². The molecule has 3 rings (SSSR count). The molecule has 2 atom stereocenters. The van der Waals surface area contributed by atoms with Crippen LogP contribution in [0, 0.1) is 0 Å². The summed E-state index contributed by atoms with van der Waals surface area (Å²) in [5.74, 6) is -0.411. The number of benzene rings is 1. The summed E-state index contributed by atoms with van der Waals surface area (Å²) in [6.07, 6.45) is 2.82. The van der Waals surface area contributed by atoms with E-state index in [1.807, 2.05) is 18.2 Å². The summed E-state index contributed by atoms with van der Waals surface area (Å²) in [5, 5.41) is 0. The lowest BCUT2D eigenvalue weighted by atomic mass is 9.86. The van der Waals surface area contributed by atoms with Crippen LogP contribution in [0.25, 0.3) is 0 Å². The number of carbonyl (C=O) groups excluding carboxylic acids is 2. The SMILES string of the molecule is C=C1CC[C@@]2(C(=O)OC)CC[C@@H]1N2C(=O)c1ccccc1. The molecule has 0 spiro atoms. The Balaban J connectivity index is 2.03. The standard InChI is InChI=1S/C17H19NO3/c1-12-8-10-17(16(20)21-2)11-9-14(12)18(17)15(19)13-6-4-3-5-7-13/h3-7,14H,1,8-11H2,2H3/t14-,17-/m0/s1. The van der Waals surface area contributed by atoms with E-state index in [9.17, 15) is 9.59 Å². The topological polar surface area (TPSA) is 46.6 Å². The molecule has 1 aromatic carbocycles. The van der Waals surface area contributed by atoms with Crippen molar-refractivity contribution in [1.82, 2.24) is 4.90 Å². The van der Waals surface area contributed by atoms with E-state index in [0.29, 0.717) is 18.4 Å². The summed E-state index contributed by atoms with van der Waals surface area (Å²) < 4.78 is 5.00. The Bertz CT molecular complexity index is 595. The van der Waals surface area contributed by atoms with Gasteiger partial charge in [0.1, 0.15) is 5.54 Å². The third kappa shape index (κ3) is 1.97. The number of carbonyl (C=O) groups is 2. The number of ether oxygens (including phenoxy) is 1. The molecule has 0 aromatic heterocycles. The van der Waals surface area contributed by atoms with Gasteiger partial charge < -0.3 is 9.64 Å². The van der Waals surface area contributed by atoms with Crippen LogP contribution in [0.3, 0.4) is 0 Å². The van der Waals surface area contributed by atoms with Crippen molar-refractivity contribution in [3.8, 4) is 0 Å². The second kappa shape index (κ2) is 5.02. The Labute approximate surface area is 124 Å². The van der Waals surface area contributed by atoms with E-state index in [2.05, 4.69) is 6.58 Å². The van der Waals surface area contributed by atoms with Crippen LogP contribution in [-0.2, 0) is 9.53 Å². The Hall–Kier alpha value is -2.10. The summed E-state index contributed by atoms with van der Waals surface area (Å²) >= 11 is 0. The zero-order valence-electron chi connectivity index (χ0n) is 12.2. The van der Waals surface area contributed by atoms with Crippen molar-refractivity contribution in [3.63, 3.8) is 0 Å². The highest BCUT2D eigenvalue weighted by Crippen LogP contribution is 2.47. The maximum atomic E-state index is 12.9. The fourth-order valence-corrected chi connectivity index (χ4v) is 3.64. The van der Waals surface area contributed by atoms with Gasteiger partial charge in [0, 0.05) is 5.56 Å². The van der Waals surface area contributed by atoms with Crippen molar-refractivity contribution in [1.29, 1.82) is 0 Å². The fourth-order valence-electron chi connectivity index (χ4n) is 3.64. The van der Waals surface area contributed by atoms with Gasteiger partial charge in [-0.1, -0.05) is 30.4 Å². The molecular weight excluding hydrogens is 266 g/mol. The van der Waals surface area contributed by atoms with E-state index in [1.165, 1.54) is 7.11 Å². The first-order valence-corrected chi connectivity index (χ1v) is 7.25. The molecule has 0 N–H and O–H groups in total. The minimum absolute atomic E-state index is 0.0504. The van der Waals surface area contributed by atoms with Gasteiger partial charge in [-0.15, -0.1) is 0 Å². The number of amides is 1. The minimum atomic E-state index is -0.812. The molecule has 110 valence electrons. The highest BCUT2D eigenvalue weighted by Gasteiger charge is 2.57. The van der Waals surface area contributed by atoms with Gasteiger partial charge in [-0.2, -0.15) is 0 Å². The predicted molar refractivity (Wildman–Crippen MR) is 78.8 cm³/mol. The van der Waals surface area contributed by atoms with E-state index >= 15 is 0 Å². The molecule has 1 aromatic rings. The zero-order valence-corrected chi connectivity index (χ0v) is 12.2. The van der Waals surface area contributed by atoms with Crippen LogP contribution < -0.4 is 0 Å². The van der Waals surface area contributed by atoms with Gasteiger partial charge >= 0.3 is 5.97 Å². The van der Waals surface area contributed by atoms with Crippen molar-refractivity contribution in [3.05, 3.63) is 48.0 Å². The third-order valence-electron chi connectivity index (χ3n) is 4.74. The Kier molecular flexibility index (Phi) is 3.32. The van der Waals surface area contributed by atoms with E-state index in [4.69, 9.17) is 4.74 Å². The second-order valence-electron chi connectivity index (χ2n) is 5.78. The Morgan fingerprint density at radius 1 is 1.29 bits per heavy atom. The lowest BCUT2D eigenvalue weighted by molar-refractivity contribution is -0.153. The quantitative estimate of drug-likeness (QED) is 0.619. The molecule has 2 bridgehead atoms. The monoisotopic (exact) mass is 285 g/mol. The molecule has 1 amide bonds. The minimum Gasteiger partial charge on any atom is -0.467 e. The normalized spacial score (nSPS) is 27.6. The number of nitrogens with zero attached hydrogens (tertiary/aromatic N) is 1. The first kappa shape index (κ1) is 13.9. The van der Waals surface area contributed by atoms with Gasteiger partial charge in [-0.25, -0.2) is 4.79 Å². The van der Waals surface area contributed by atoms with Crippen molar-refractivity contribution in [2.75, 3.05) is 7.11 Å². The van der Waals surface area contributed by atoms with Crippen LogP contribution in [-0.4, -0.2) is 35.5 Å². The van der Waals surface area contributed by atoms with E-state index in [1.54, 1.807) is 17.0 Å². The number of methoxy groups -OCH3 is 1. The number of hydrogen-bond acceptors (Lipinski definition) is 3. The highest BCUT2D eigenvalue weighted by molar-refractivity contribution is 5.99. The molecule has 0 aliphatic carbocycles. The Morgan fingerprint density at radius 3 is 2.67 bits per heavy atom. The summed E-state index contributed by atoms with van der Waals surface area (Å²) in [6, 6.07) is 9.05. The smallest absolute Gasteiger partial charge is 0.331 e. The summed E-state index contributed by atoms with van der Waals surface area (Å²) in [5.41, 5.74) is 0.830. The molecule has 2 aliphatic rings. The van der Waals surface area contributed by atoms with E-state index in [-0.39, 0.29) is 17.9 Å². The van der Waals surface area contributed by atoms with E-state index in [0.717, 1.165) is 18.4 Å². The lowest BCUT2D eigenvalue weighted by Gasteiger charge is -2.43. The van der Waals surface area contributed by atoms with Gasteiger partial charge in [0.15, 0.2) is 0 Å². The number of hydrogen-bond donors (Lipinski definition) is 0. The van der Waals surface area contributed by atoms with Gasteiger partial charge in [-0.05, 0) is 37.8 Å². The van der Waals surface area contributed by atoms with Crippen LogP contribution in [0.5, 0.6) is 0 Å². The first-order valence-electron chi connectivity index (χ1n) is 7.25. The van der Waals surface area contributed by atoms with Crippen LogP contribution >= 0.6 is 0 Å². The molecule has 21 heavy (non-hydrogen) atoms. The van der Waals surface area contributed by atoms with Crippen molar-refractivity contribution < 1.29 is 14.3 Å².